The van der Waals surface area contributed by atoms with Gasteiger partial charge in [-0.2, -0.15) is 8.78 Å². The second kappa shape index (κ2) is 7.60. The van der Waals surface area contributed by atoms with Crippen LogP contribution in [0.4, 0.5) is 14.5 Å². The maximum atomic E-state index is 12.3. The molecule has 0 bridgehead atoms. The predicted molar refractivity (Wildman–Crippen MR) is 95.7 cm³/mol. The highest BCUT2D eigenvalue weighted by Gasteiger charge is 2.24. The van der Waals surface area contributed by atoms with Crippen molar-refractivity contribution >= 4 is 5.69 Å². The summed E-state index contributed by atoms with van der Waals surface area (Å²) in [5.74, 6) is 0.169. The van der Waals surface area contributed by atoms with Crippen LogP contribution in [0.3, 0.4) is 0 Å². The average Bonchev–Trinajstić information content (AvgIpc) is 3.12. The summed E-state index contributed by atoms with van der Waals surface area (Å²) in [6.45, 7) is 1.39. The summed E-state index contributed by atoms with van der Waals surface area (Å²) in [4.78, 5) is 2.38. The molecule has 4 rings (SSSR count). The van der Waals surface area contributed by atoms with E-state index in [4.69, 9.17) is 4.74 Å². The molecular formula is C20H22F2N2O2. The van der Waals surface area contributed by atoms with Gasteiger partial charge in [0.05, 0.1) is 12.7 Å². The van der Waals surface area contributed by atoms with Crippen molar-refractivity contribution < 1.29 is 18.3 Å². The van der Waals surface area contributed by atoms with Crippen LogP contribution in [0.2, 0.25) is 0 Å². The van der Waals surface area contributed by atoms with Gasteiger partial charge in [0.2, 0.25) is 0 Å². The van der Waals surface area contributed by atoms with Gasteiger partial charge in [0.25, 0.3) is 0 Å². The molecule has 4 nitrogen and oxygen atoms in total. The molecule has 6 heteroatoms. The number of benzene rings is 2. The first-order valence-electron chi connectivity index (χ1n) is 8.92. The van der Waals surface area contributed by atoms with Gasteiger partial charge in [-0.3, -0.25) is 4.90 Å². The molecule has 0 radical (unpaired) electrons. The van der Waals surface area contributed by atoms with Gasteiger partial charge in [-0.15, -0.1) is 0 Å². The van der Waals surface area contributed by atoms with E-state index in [1.54, 1.807) is 24.3 Å². The summed E-state index contributed by atoms with van der Waals surface area (Å²) in [5, 5.41) is 3.49. The molecule has 0 saturated carbocycles. The summed E-state index contributed by atoms with van der Waals surface area (Å²) < 4.78 is 34.8. The molecule has 1 saturated heterocycles. The van der Waals surface area contributed by atoms with E-state index in [1.807, 2.05) is 0 Å². The Bertz CT molecular complexity index is 752. The average molecular weight is 360 g/mol. The number of morpholine rings is 1. The van der Waals surface area contributed by atoms with Crippen LogP contribution >= 0.6 is 0 Å². The van der Waals surface area contributed by atoms with Crippen molar-refractivity contribution in [3.63, 3.8) is 0 Å². The Labute approximate surface area is 151 Å². The molecule has 1 fully saturated rings. The molecule has 2 aromatic rings. The van der Waals surface area contributed by atoms with Crippen molar-refractivity contribution in [1.29, 1.82) is 0 Å². The molecule has 26 heavy (non-hydrogen) atoms. The third kappa shape index (κ3) is 3.81. The normalized spacial score (nSPS) is 20.0. The largest absolute Gasteiger partial charge is 0.435 e. The smallest absolute Gasteiger partial charge is 0.387 e. The summed E-state index contributed by atoms with van der Waals surface area (Å²) in [5.41, 5.74) is 4.97. The highest BCUT2D eigenvalue weighted by atomic mass is 19.3. The predicted octanol–water partition coefficient (Wildman–Crippen LogP) is 3.83. The lowest BCUT2D eigenvalue weighted by Crippen LogP contribution is -2.37. The number of hydrogen-bond donors (Lipinski definition) is 1. The Morgan fingerprint density at radius 3 is 2.85 bits per heavy atom. The number of nitrogens with zero attached hydrogens (tertiary/aromatic N) is 1. The van der Waals surface area contributed by atoms with E-state index in [0.717, 1.165) is 38.2 Å². The zero-order valence-electron chi connectivity index (χ0n) is 14.5. The van der Waals surface area contributed by atoms with Crippen molar-refractivity contribution in [2.45, 2.75) is 25.7 Å². The number of para-hydroxylation sites is 1. The lowest BCUT2D eigenvalue weighted by molar-refractivity contribution is -0.0500. The van der Waals surface area contributed by atoms with Crippen LogP contribution in [0.1, 0.15) is 22.8 Å². The van der Waals surface area contributed by atoms with E-state index in [9.17, 15) is 8.78 Å². The summed E-state index contributed by atoms with van der Waals surface area (Å²) >= 11 is 0. The van der Waals surface area contributed by atoms with Crippen molar-refractivity contribution in [1.82, 2.24) is 4.90 Å². The number of anilines is 1. The lowest BCUT2D eigenvalue weighted by atomic mass is 10.0. The molecule has 138 valence electrons. The van der Waals surface area contributed by atoms with Crippen LogP contribution in [-0.2, 0) is 17.7 Å². The van der Waals surface area contributed by atoms with Crippen LogP contribution in [0, 0.1) is 0 Å². The standard InChI is InChI=1S/C20H22F2N2O2/c21-20(22)26-17-6-4-14(5-7-17)18-13-24(10-11-25-18)12-16-3-1-2-15-8-9-23-19(15)16/h1-7,18,20,23H,8-13H2. The maximum Gasteiger partial charge on any atom is 0.387 e. The number of halogens is 2. The SMILES string of the molecule is FC(F)Oc1ccc(C2CN(Cc3cccc4c3NCC4)CCO2)cc1. The van der Waals surface area contributed by atoms with Crippen molar-refractivity contribution in [2.75, 3.05) is 31.6 Å². The molecule has 2 aromatic carbocycles. The number of hydrogen-bond acceptors (Lipinski definition) is 4. The number of rotatable bonds is 5. The van der Waals surface area contributed by atoms with Gasteiger partial charge in [-0.25, -0.2) is 0 Å². The minimum absolute atomic E-state index is 0.0610. The van der Waals surface area contributed by atoms with Crippen LogP contribution in [0.25, 0.3) is 0 Å². The summed E-state index contributed by atoms with van der Waals surface area (Å²) in [6.07, 6.45) is 1.02. The first-order chi connectivity index (χ1) is 12.7. The molecule has 2 aliphatic rings. The Kier molecular flexibility index (Phi) is 5.04. The van der Waals surface area contributed by atoms with E-state index >= 15 is 0 Å². The summed E-state index contributed by atoms with van der Waals surface area (Å²) in [7, 11) is 0. The summed E-state index contributed by atoms with van der Waals surface area (Å²) in [6, 6.07) is 13.2. The molecule has 0 spiro atoms. The third-order valence-corrected chi connectivity index (χ3v) is 4.95. The minimum Gasteiger partial charge on any atom is -0.435 e. The number of ether oxygens (including phenoxy) is 2. The van der Waals surface area contributed by atoms with Crippen LogP contribution in [0.5, 0.6) is 5.75 Å². The Morgan fingerprint density at radius 2 is 2.04 bits per heavy atom. The van der Waals surface area contributed by atoms with Gasteiger partial charge >= 0.3 is 6.61 Å². The number of nitrogens with one attached hydrogen (secondary N) is 1. The van der Waals surface area contributed by atoms with Gasteiger partial charge in [-0.05, 0) is 35.2 Å². The zero-order valence-corrected chi connectivity index (χ0v) is 14.5. The van der Waals surface area contributed by atoms with E-state index in [0.29, 0.717) is 6.61 Å². The van der Waals surface area contributed by atoms with Crippen molar-refractivity contribution in [3.05, 3.63) is 59.2 Å². The first kappa shape index (κ1) is 17.2. The zero-order chi connectivity index (χ0) is 17.9. The second-order valence-corrected chi connectivity index (χ2v) is 6.67. The van der Waals surface area contributed by atoms with E-state index in [-0.39, 0.29) is 11.9 Å². The molecule has 1 N–H and O–H groups in total. The highest BCUT2D eigenvalue weighted by Crippen LogP contribution is 2.30. The Morgan fingerprint density at radius 1 is 1.19 bits per heavy atom. The van der Waals surface area contributed by atoms with Gasteiger partial charge in [0, 0.05) is 31.9 Å². The van der Waals surface area contributed by atoms with Gasteiger partial charge in [-0.1, -0.05) is 30.3 Å². The van der Waals surface area contributed by atoms with Crippen molar-refractivity contribution in [3.8, 4) is 5.75 Å². The molecule has 1 unspecified atom stereocenters. The number of fused-ring (bicyclic) bond motifs is 1. The topological polar surface area (TPSA) is 33.7 Å². The monoisotopic (exact) mass is 360 g/mol. The third-order valence-electron chi connectivity index (χ3n) is 4.95. The quantitative estimate of drug-likeness (QED) is 0.879. The van der Waals surface area contributed by atoms with Gasteiger partial charge in [0.1, 0.15) is 5.75 Å². The fraction of sp³-hybridized carbons (Fsp3) is 0.400. The molecule has 0 amide bonds. The molecule has 2 aliphatic heterocycles. The van der Waals surface area contributed by atoms with E-state index in [2.05, 4.69) is 33.2 Å². The van der Waals surface area contributed by atoms with Crippen LogP contribution in [0.15, 0.2) is 42.5 Å². The second-order valence-electron chi connectivity index (χ2n) is 6.67. The molecule has 0 aromatic heterocycles. The van der Waals surface area contributed by atoms with Crippen LogP contribution < -0.4 is 10.1 Å². The highest BCUT2D eigenvalue weighted by molar-refractivity contribution is 5.61. The Hall–Kier alpha value is -2.18. The van der Waals surface area contributed by atoms with Crippen molar-refractivity contribution in [2.24, 2.45) is 0 Å². The molecular weight excluding hydrogens is 338 g/mol. The fourth-order valence-corrected chi connectivity index (χ4v) is 3.70. The maximum absolute atomic E-state index is 12.3. The molecule has 2 heterocycles. The lowest BCUT2D eigenvalue weighted by Gasteiger charge is -2.33. The first-order valence-corrected chi connectivity index (χ1v) is 8.92. The minimum atomic E-state index is -2.80. The van der Waals surface area contributed by atoms with E-state index < -0.39 is 6.61 Å². The molecule has 0 aliphatic carbocycles. The fourth-order valence-electron chi connectivity index (χ4n) is 3.70. The molecule has 1 atom stereocenters. The van der Waals surface area contributed by atoms with E-state index in [1.165, 1.54) is 16.8 Å². The van der Waals surface area contributed by atoms with Gasteiger partial charge < -0.3 is 14.8 Å². The Balaban J connectivity index is 1.42. The number of alkyl halides is 2. The van der Waals surface area contributed by atoms with Crippen LogP contribution in [-0.4, -0.2) is 37.8 Å². The van der Waals surface area contributed by atoms with Gasteiger partial charge in [0.15, 0.2) is 0 Å².